The van der Waals surface area contributed by atoms with Crippen molar-refractivity contribution in [1.82, 2.24) is 19.7 Å². The van der Waals surface area contributed by atoms with E-state index in [0.717, 1.165) is 30.0 Å². The number of aryl methyl sites for hydroxylation is 1. The molecule has 0 fully saturated rings. The van der Waals surface area contributed by atoms with E-state index in [1.807, 2.05) is 0 Å². The SMILES string of the molecule is COc1ccc(NS(=O)(=O)c2ccccc2C)c(CNc2nc(-c3cc(F)c(OC)cc3CC(F)(F)F)nc3c2c(C(=O)O)nn3COCC[Si](C)(C)C)c1. The van der Waals surface area contributed by atoms with Crippen LogP contribution in [0.25, 0.3) is 22.4 Å². The van der Waals surface area contributed by atoms with Crippen molar-refractivity contribution in [3.8, 4) is 22.9 Å². The van der Waals surface area contributed by atoms with Gasteiger partial charge in [-0.25, -0.2) is 32.3 Å². The molecule has 0 radical (unpaired) electrons. The van der Waals surface area contributed by atoms with Crippen LogP contribution in [0.15, 0.2) is 59.5 Å². The molecule has 0 aliphatic carbocycles. The van der Waals surface area contributed by atoms with Crippen molar-refractivity contribution in [3.63, 3.8) is 0 Å². The Labute approximate surface area is 315 Å². The number of aromatic carboxylic acids is 1. The van der Waals surface area contributed by atoms with Gasteiger partial charge in [-0.2, -0.15) is 18.3 Å². The predicted octanol–water partition coefficient (Wildman–Crippen LogP) is 7.49. The lowest BCUT2D eigenvalue weighted by atomic mass is 10.0. The molecule has 0 saturated heterocycles. The van der Waals surface area contributed by atoms with Crippen LogP contribution in [0.1, 0.15) is 27.2 Å². The maximum atomic E-state index is 15.2. The Morgan fingerprint density at radius 3 is 2.36 bits per heavy atom. The maximum absolute atomic E-state index is 15.2. The fourth-order valence-electron chi connectivity index (χ4n) is 5.59. The summed E-state index contributed by atoms with van der Waals surface area (Å²) in [5, 5.41) is 17.3. The summed E-state index contributed by atoms with van der Waals surface area (Å²) < 4.78 is 104. The summed E-state index contributed by atoms with van der Waals surface area (Å²) in [5.74, 6) is -3.12. The summed E-state index contributed by atoms with van der Waals surface area (Å²) in [6.45, 7) is 7.91. The Kier molecular flexibility index (Phi) is 12.1. The molecule has 0 aliphatic rings. The monoisotopic (exact) mass is 804 g/mol. The summed E-state index contributed by atoms with van der Waals surface area (Å²) in [4.78, 5) is 21.5. The average molecular weight is 805 g/mol. The molecule has 5 rings (SSSR count). The number of carbonyl (C=O) groups is 1. The first-order chi connectivity index (χ1) is 25.8. The van der Waals surface area contributed by atoms with Gasteiger partial charge >= 0.3 is 12.1 Å². The summed E-state index contributed by atoms with van der Waals surface area (Å²) in [5.41, 5.74) is -0.417. The summed E-state index contributed by atoms with van der Waals surface area (Å²) in [7, 11) is -3.10. The standard InChI is InChI=1S/C36H40F4N6O7SSi/c1-21-9-7-8-10-29(21)54(49,50)45-27-12-11-24(51-2)15-23(27)19-41-33-30-31(35(47)48)44-46(20-53-13-14-55(4,5)6)34(30)43-32(42-33)25-17-26(37)28(52-3)16-22(25)18-36(38,39)40/h7-12,15-17,45H,13-14,18-20H2,1-6H3,(H,47,48)(H,41,42,43). The Hall–Kier alpha value is -5.27. The maximum Gasteiger partial charge on any atom is 0.393 e. The highest BCUT2D eigenvalue weighted by molar-refractivity contribution is 7.92. The molecular weight excluding hydrogens is 765 g/mol. The topological polar surface area (TPSA) is 167 Å². The molecule has 5 aromatic rings. The molecular formula is C36H40F4N6O7SSi. The molecule has 3 N–H and O–H groups in total. The van der Waals surface area contributed by atoms with Gasteiger partial charge in [-0.15, -0.1) is 0 Å². The van der Waals surface area contributed by atoms with Crippen molar-refractivity contribution < 1.29 is 50.1 Å². The number of alkyl halides is 3. The van der Waals surface area contributed by atoms with Gasteiger partial charge < -0.3 is 24.6 Å². The van der Waals surface area contributed by atoms with Crippen molar-refractivity contribution in [2.24, 2.45) is 0 Å². The number of sulfonamides is 1. The van der Waals surface area contributed by atoms with Gasteiger partial charge in [0.05, 0.1) is 36.6 Å². The fourth-order valence-corrected chi connectivity index (χ4v) is 7.70. The third-order valence-corrected chi connectivity index (χ3v) is 11.6. The van der Waals surface area contributed by atoms with Crippen LogP contribution in [-0.2, 0) is 34.5 Å². The van der Waals surface area contributed by atoms with Crippen LogP contribution in [0.4, 0.5) is 29.1 Å². The molecule has 2 heterocycles. The van der Waals surface area contributed by atoms with Crippen LogP contribution in [0.2, 0.25) is 25.7 Å². The molecule has 19 heteroatoms. The van der Waals surface area contributed by atoms with E-state index in [4.69, 9.17) is 14.2 Å². The first-order valence-electron chi connectivity index (χ1n) is 16.8. The third-order valence-electron chi connectivity index (χ3n) is 8.40. The second-order valence-electron chi connectivity index (χ2n) is 13.8. The fraction of sp³-hybridized carbons (Fsp3) is 0.333. The van der Waals surface area contributed by atoms with Crippen LogP contribution in [-0.4, -0.2) is 74.3 Å². The Balaban J connectivity index is 1.67. The lowest BCUT2D eigenvalue weighted by Crippen LogP contribution is -2.22. The zero-order chi connectivity index (χ0) is 40.3. The summed E-state index contributed by atoms with van der Waals surface area (Å²) in [6, 6.07) is 13.4. The molecule has 0 saturated carbocycles. The molecule has 3 aromatic carbocycles. The van der Waals surface area contributed by atoms with Crippen LogP contribution >= 0.6 is 0 Å². The number of rotatable bonds is 16. The number of benzene rings is 3. The van der Waals surface area contributed by atoms with E-state index in [-0.39, 0.29) is 52.1 Å². The molecule has 55 heavy (non-hydrogen) atoms. The van der Waals surface area contributed by atoms with Gasteiger partial charge in [0.2, 0.25) is 0 Å². The smallest absolute Gasteiger partial charge is 0.393 e. The van der Waals surface area contributed by atoms with Crippen LogP contribution in [0, 0.1) is 12.7 Å². The number of halogens is 4. The normalized spacial score (nSPS) is 12.2. The highest BCUT2D eigenvalue weighted by atomic mass is 32.2. The zero-order valence-electron chi connectivity index (χ0n) is 30.8. The minimum Gasteiger partial charge on any atom is -0.497 e. The van der Waals surface area contributed by atoms with Gasteiger partial charge in [0.15, 0.2) is 28.7 Å². The van der Waals surface area contributed by atoms with E-state index < -0.39 is 59.5 Å². The molecule has 0 bridgehead atoms. The summed E-state index contributed by atoms with van der Waals surface area (Å²) >= 11 is 0. The van der Waals surface area contributed by atoms with Gasteiger partial charge in [-0.1, -0.05) is 37.8 Å². The Bertz CT molecular complexity index is 2330. The number of ether oxygens (including phenoxy) is 3. The molecule has 2 aromatic heterocycles. The number of nitrogens with one attached hydrogen (secondary N) is 2. The second-order valence-corrected chi connectivity index (χ2v) is 21.1. The van der Waals surface area contributed by atoms with E-state index in [0.29, 0.717) is 23.5 Å². The number of anilines is 2. The van der Waals surface area contributed by atoms with Crippen molar-refractivity contribution >= 4 is 46.6 Å². The highest BCUT2D eigenvalue weighted by Crippen LogP contribution is 2.36. The number of fused-ring (bicyclic) bond motifs is 1. The van der Waals surface area contributed by atoms with Gasteiger partial charge in [0.25, 0.3) is 10.0 Å². The van der Waals surface area contributed by atoms with E-state index in [1.165, 1.54) is 31.4 Å². The number of methoxy groups -OCH3 is 2. The first kappa shape index (κ1) is 40.9. The molecule has 0 spiro atoms. The van der Waals surface area contributed by atoms with Crippen LogP contribution in [0.3, 0.4) is 0 Å². The molecule has 0 atom stereocenters. The Morgan fingerprint density at radius 2 is 1.73 bits per heavy atom. The lowest BCUT2D eigenvalue weighted by molar-refractivity contribution is -0.127. The lowest BCUT2D eigenvalue weighted by Gasteiger charge is -2.17. The minimum absolute atomic E-state index is 0.0406. The van der Waals surface area contributed by atoms with E-state index in [9.17, 15) is 31.5 Å². The van der Waals surface area contributed by atoms with Crippen molar-refractivity contribution in [2.45, 2.75) is 63.4 Å². The van der Waals surface area contributed by atoms with E-state index >= 15 is 4.39 Å². The van der Waals surface area contributed by atoms with Gasteiger partial charge in [-0.05, 0) is 66.1 Å². The second kappa shape index (κ2) is 16.2. The van der Waals surface area contributed by atoms with Crippen molar-refractivity contribution in [3.05, 3.63) is 82.8 Å². The van der Waals surface area contributed by atoms with Crippen LogP contribution < -0.4 is 19.5 Å². The Morgan fingerprint density at radius 1 is 1.00 bits per heavy atom. The molecule has 0 aliphatic heterocycles. The van der Waals surface area contributed by atoms with Gasteiger partial charge in [-0.3, -0.25) is 4.72 Å². The quantitative estimate of drug-likeness (QED) is 0.0514. The highest BCUT2D eigenvalue weighted by Gasteiger charge is 2.32. The first-order valence-corrected chi connectivity index (χ1v) is 22.0. The molecule has 13 nitrogen and oxygen atoms in total. The van der Waals surface area contributed by atoms with Crippen molar-refractivity contribution in [2.75, 3.05) is 30.9 Å². The molecule has 0 amide bonds. The number of carboxylic acid groups (broad SMARTS) is 1. The number of hydrogen-bond acceptors (Lipinski definition) is 10. The van der Waals surface area contributed by atoms with E-state index in [2.05, 4.69) is 44.7 Å². The largest absolute Gasteiger partial charge is 0.497 e. The predicted molar refractivity (Wildman–Crippen MR) is 200 cm³/mol. The van der Waals surface area contributed by atoms with Crippen molar-refractivity contribution in [1.29, 1.82) is 0 Å². The third kappa shape index (κ3) is 9.89. The number of nitrogens with zero attached hydrogens (tertiary/aromatic N) is 4. The molecule has 294 valence electrons. The average Bonchev–Trinajstić information content (AvgIpc) is 3.48. The van der Waals surface area contributed by atoms with Crippen LogP contribution in [0.5, 0.6) is 11.5 Å². The number of carboxylic acids is 1. The van der Waals surface area contributed by atoms with Gasteiger partial charge in [0.1, 0.15) is 18.3 Å². The zero-order valence-corrected chi connectivity index (χ0v) is 32.7. The summed E-state index contributed by atoms with van der Waals surface area (Å²) in [6.07, 6.45) is -6.21. The molecule has 0 unspecified atom stereocenters. The van der Waals surface area contributed by atoms with E-state index in [1.54, 1.807) is 25.1 Å². The number of hydrogen-bond donors (Lipinski definition) is 3. The van der Waals surface area contributed by atoms with Gasteiger partial charge in [0, 0.05) is 26.8 Å². The minimum atomic E-state index is -4.72. The number of aromatic nitrogens is 4.